The Morgan fingerprint density at radius 1 is 1.04 bits per heavy atom. The summed E-state index contributed by atoms with van der Waals surface area (Å²) in [4.78, 5) is 35.7. The molecule has 0 aliphatic carbocycles. The lowest BCUT2D eigenvalue weighted by Gasteiger charge is -2.25. The van der Waals surface area contributed by atoms with Crippen LogP contribution in [0.25, 0.3) is 0 Å². The minimum absolute atomic E-state index is 0.0180. The first-order chi connectivity index (χ1) is 13.5. The van der Waals surface area contributed by atoms with Gasteiger partial charge in [0.25, 0.3) is 11.8 Å². The highest BCUT2D eigenvalue weighted by Crippen LogP contribution is 2.30. The van der Waals surface area contributed by atoms with Crippen molar-refractivity contribution in [1.82, 2.24) is 10.9 Å². The molecule has 1 heterocycles. The monoisotopic (exact) mass is 384 g/mol. The molecular formula is C20H20N2O6. The zero-order valence-electron chi connectivity index (χ0n) is 15.3. The number of hydrogen-bond donors (Lipinski definition) is 2. The third-order valence-corrected chi connectivity index (χ3v) is 4.09. The number of para-hydroxylation sites is 2. The molecule has 146 valence electrons. The van der Waals surface area contributed by atoms with Crippen LogP contribution in [0.5, 0.6) is 11.5 Å². The van der Waals surface area contributed by atoms with Crippen LogP contribution in [0, 0.1) is 6.92 Å². The van der Waals surface area contributed by atoms with Crippen molar-refractivity contribution in [3.63, 3.8) is 0 Å². The van der Waals surface area contributed by atoms with Gasteiger partial charge in [-0.25, -0.2) is 0 Å². The number of carbonyl (C=O) groups is 3. The van der Waals surface area contributed by atoms with Crippen molar-refractivity contribution in [2.45, 2.75) is 19.4 Å². The first-order valence-corrected chi connectivity index (χ1v) is 8.70. The van der Waals surface area contributed by atoms with Crippen molar-refractivity contribution in [2.75, 3.05) is 13.2 Å². The van der Waals surface area contributed by atoms with Gasteiger partial charge in [0.1, 0.15) is 6.61 Å². The summed E-state index contributed by atoms with van der Waals surface area (Å²) in [6.07, 6.45) is -0.835. The second kappa shape index (κ2) is 8.90. The predicted molar refractivity (Wildman–Crippen MR) is 98.5 cm³/mol. The average Bonchev–Trinajstić information content (AvgIpc) is 2.71. The van der Waals surface area contributed by atoms with Crippen LogP contribution in [0.2, 0.25) is 0 Å². The maximum absolute atomic E-state index is 12.1. The maximum Gasteiger partial charge on any atom is 0.310 e. The average molecular weight is 384 g/mol. The van der Waals surface area contributed by atoms with E-state index in [4.69, 9.17) is 14.2 Å². The molecule has 1 atom stereocenters. The quantitative estimate of drug-likeness (QED) is 0.590. The molecule has 0 saturated carbocycles. The maximum atomic E-state index is 12.1. The molecule has 28 heavy (non-hydrogen) atoms. The minimum Gasteiger partial charge on any atom is -0.485 e. The smallest absolute Gasteiger partial charge is 0.310 e. The van der Waals surface area contributed by atoms with E-state index in [-0.39, 0.29) is 13.0 Å². The number of hydrazine groups is 1. The SMILES string of the molecule is Cc1ccccc1CC(=O)OCC(=O)NNC(=O)C1COc2ccccc2O1. The van der Waals surface area contributed by atoms with Crippen molar-refractivity contribution in [1.29, 1.82) is 0 Å². The number of nitrogens with one attached hydrogen (secondary N) is 2. The van der Waals surface area contributed by atoms with Crippen molar-refractivity contribution in [3.8, 4) is 11.5 Å². The molecule has 2 aromatic carbocycles. The Morgan fingerprint density at radius 3 is 2.54 bits per heavy atom. The van der Waals surface area contributed by atoms with Gasteiger partial charge in [-0.2, -0.15) is 0 Å². The molecule has 0 fully saturated rings. The fourth-order valence-electron chi connectivity index (χ4n) is 2.56. The molecule has 0 bridgehead atoms. The van der Waals surface area contributed by atoms with Crippen LogP contribution >= 0.6 is 0 Å². The summed E-state index contributed by atoms with van der Waals surface area (Å²) in [5, 5.41) is 0. The normalized spacial score (nSPS) is 14.7. The van der Waals surface area contributed by atoms with E-state index in [1.54, 1.807) is 24.3 Å². The summed E-state index contributed by atoms with van der Waals surface area (Å²) < 4.78 is 15.9. The van der Waals surface area contributed by atoms with Gasteiger partial charge >= 0.3 is 5.97 Å². The van der Waals surface area contributed by atoms with Gasteiger partial charge in [-0.1, -0.05) is 36.4 Å². The second-order valence-corrected chi connectivity index (χ2v) is 6.17. The Morgan fingerprint density at radius 2 is 1.75 bits per heavy atom. The Balaban J connectivity index is 1.39. The Bertz CT molecular complexity index is 883. The van der Waals surface area contributed by atoms with Crippen LogP contribution in [0.4, 0.5) is 0 Å². The Hall–Kier alpha value is -3.55. The highest BCUT2D eigenvalue weighted by Gasteiger charge is 2.27. The van der Waals surface area contributed by atoms with Crippen molar-refractivity contribution in [3.05, 3.63) is 59.7 Å². The summed E-state index contributed by atoms with van der Waals surface area (Å²) in [6, 6.07) is 14.4. The number of benzene rings is 2. The minimum atomic E-state index is -0.904. The fourth-order valence-corrected chi connectivity index (χ4v) is 2.56. The van der Waals surface area contributed by atoms with Crippen LogP contribution in [-0.4, -0.2) is 37.1 Å². The van der Waals surface area contributed by atoms with Crippen LogP contribution < -0.4 is 20.3 Å². The van der Waals surface area contributed by atoms with Gasteiger partial charge in [-0.15, -0.1) is 0 Å². The van der Waals surface area contributed by atoms with Crippen LogP contribution in [-0.2, 0) is 25.5 Å². The number of ether oxygens (including phenoxy) is 3. The standard InChI is InChI=1S/C20H20N2O6/c1-13-6-2-3-7-14(13)10-19(24)27-12-18(23)21-22-20(25)17-11-26-15-8-4-5-9-16(15)28-17/h2-9,17H,10-12H2,1H3,(H,21,23)(H,22,25). The molecule has 3 rings (SSSR count). The molecule has 8 heteroatoms. The number of aryl methyl sites for hydroxylation is 1. The number of rotatable bonds is 5. The van der Waals surface area contributed by atoms with E-state index in [2.05, 4.69) is 10.9 Å². The molecule has 2 amide bonds. The lowest BCUT2D eigenvalue weighted by atomic mass is 10.1. The van der Waals surface area contributed by atoms with Crippen LogP contribution in [0.3, 0.4) is 0 Å². The number of esters is 1. The number of fused-ring (bicyclic) bond motifs is 1. The molecule has 2 aromatic rings. The van der Waals surface area contributed by atoms with E-state index in [1.165, 1.54) is 0 Å². The first kappa shape index (κ1) is 19.2. The zero-order valence-corrected chi connectivity index (χ0v) is 15.3. The van der Waals surface area contributed by atoms with E-state index in [0.717, 1.165) is 11.1 Å². The molecule has 2 N–H and O–H groups in total. The number of hydrogen-bond acceptors (Lipinski definition) is 6. The fraction of sp³-hybridized carbons (Fsp3) is 0.250. The molecule has 1 aliphatic rings. The van der Waals surface area contributed by atoms with Gasteiger partial charge in [0.15, 0.2) is 18.1 Å². The summed E-state index contributed by atoms with van der Waals surface area (Å²) >= 11 is 0. The molecule has 0 aromatic heterocycles. The van der Waals surface area contributed by atoms with E-state index < -0.39 is 30.5 Å². The van der Waals surface area contributed by atoms with Crippen molar-refractivity contribution < 1.29 is 28.6 Å². The van der Waals surface area contributed by atoms with Crippen molar-refractivity contribution in [2.24, 2.45) is 0 Å². The highest BCUT2D eigenvalue weighted by atomic mass is 16.6. The summed E-state index contributed by atoms with van der Waals surface area (Å²) in [5.74, 6) is -0.768. The number of carbonyl (C=O) groups excluding carboxylic acids is 3. The molecule has 0 radical (unpaired) electrons. The van der Waals surface area contributed by atoms with Gasteiger partial charge in [0.2, 0.25) is 6.10 Å². The van der Waals surface area contributed by atoms with Crippen molar-refractivity contribution >= 4 is 17.8 Å². The molecule has 0 spiro atoms. The third-order valence-electron chi connectivity index (χ3n) is 4.09. The molecule has 8 nitrogen and oxygen atoms in total. The highest BCUT2D eigenvalue weighted by molar-refractivity contribution is 5.86. The van der Waals surface area contributed by atoms with E-state index in [0.29, 0.717) is 11.5 Å². The summed E-state index contributed by atoms with van der Waals surface area (Å²) in [5.41, 5.74) is 6.21. The summed E-state index contributed by atoms with van der Waals surface area (Å²) in [7, 11) is 0. The van der Waals surface area contributed by atoms with Gasteiger partial charge in [0, 0.05) is 0 Å². The van der Waals surface area contributed by atoms with Gasteiger partial charge in [-0.3, -0.25) is 25.2 Å². The van der Waals surface area contributed by atoms with E-state index in [1.807, 2.05) is 31.2 Å². The van der Waals surface area contributed by atoms with Crippen LogP contribution in [0.15, 0.2) is 48.5 Å². The number of amides is 2. The largest absolute Gasteiger partial charge is 0.485 e. The lowest BCUT2D eigenvalue weighted by Crippen LogP contribution is -2.51. The second-order valence-electron chi connectivity index (χ2n) is 6.17. The third kappa shape index (κ3) is 5.00. The van der Waals surface area contributed by atoms with Gasteiger partial charge in [0.05, 0.1) is 6.42 Å². The van der Waals surface area contributed by atoms with E-state index >= 15 is 0 Å². The first-order valence-electron chi connectivity index (χ1n) is 8.70. The predicted octanol–water partition coefficient (Wildman–Crippen LogP) is 1.07. The topological polar surface area (TPSA) is 103 Å². The lowest BCUT2D eigenvalue weighted by molar-refractivity contribution is -0.148. The van der Waals surface area contributed by atoms with Gasteiger partial charge in [-0.05, 0) is 30.2 Å². The van der Waals surface area contributed by atoms with E-state index in [9.17, 15) is 14.4 Å². The zero-order chi connectivity index (χ0) is 19.9. The molecular weight excluding hydrogens is 364 g/mol. The summed E-state index contributed by atoms with van der Waals surface area (Å²) in [6.45, 7) is 1.40. The molecule has 1 aliphatic heterocycles. The Kier molecular flexibility index (Phi) is 6.11. The Labute approximate surface area is 161 Å². The van der Waals surface area contributed by atoms with Gasteiger partial charge < -0.3 is 14.2 Å². The molecule has 0 saturated heterocycles. The van der Waals surface area contributed by atoms with Crippen LogP contribution in [0.1, 0.15) is 11.1 Å². The molecule has 1 unspecified atom stereocenters.